The average molecular weight is 309 g/mol. The van der Waals surface area contributed by atoms with Gasteiger partial charge in [-0.05, 0) is 29.7 Å². The Hall–Kier alpha value is -2.90. The van der Waals surface area contributed by atoms with Gasteiger partial charge in [-0.15, -0.1) is 0 Å². The first-order valence-corrected chi connectivity index (χ1v) is 6.85. The van der Waals surface area contributed by atoms with Crippen molar-refractivity contribution >= 4 is 35.1 Å². The van der Waals surface area contributed by atoms with Crippen LogP contribution >= 0.6 is 0 Å². The number of rotatable bonds is 3. The van der Waals surface area contributed by atoms with Gasteiger partial charge in [0.2, 0.25) is 0 Å². The Kier molecular flexibility index (Phi) is 3.97. The third kappa shape index (κ3) is 3.15. The molecule has 114 valence electrons. The van der Waals surface area contributed by atoms with Crippen LogP contribution in [0.5, 0.6) is 0 Å². The fourth-order valence-corrected chi connectivity index (χ4v) is 2.20. The van der Waals surface area contributed by atoms with Crippen LogP contribution in [-0.4, -0.2) is 23.1 Å². The van der Waals surface area contributed by atoms with Crippen molar-refractivity contribution in [3.05, 3.63) is 70.6 Å². The lowest BCUT2D eigenvalue weighted by atomic mass is 9.80. The minimum Gasteiger partial charge on any atom is -0.423 e. The SMILES string of the molecule is O=C(Nc1cccc(B(O)O)c1)c1cc2ccccc2oc1=O. The average Bonchev–Trinajstić information content (AvgIpc) is 2.54. The molecule has 3 N–H and O–H groups in total. The maximum absolute atomic E-state index is 12.3. The van der Waals surface area contributed by atoms with E-state index in [9.17, 15) is 9.59 Å². The van der Waals surface area contributed by atoms with E-state index in [0.29, 0.717) is 16.7 Å². The highest BCUT2D eigenvalue weighted by atomic mass is 16.4. The summed E-state index contributed by atoms with van der Waals surface area (Å²) in [4.78, 5) is 24.2. The zero-order valence-corrected chi connectivity index (χ0v) is 11.9. The van der Waals surface area contributed by atoms with Gasteiger partial charge in [0.25, 0.3) is 5.91 Å². The highest BCUT2D eigenvalue weighted by Crippen LogP contribution is 2.14. The summed E-state index contributed by atoms with van der Waals surface area (Å²) >= 11 is 0. The Labute approximate surface area is 131 Å². The zero-order chi connectivity index (χ0) is 16.4. The molecule has 0 atom stereocenters. The summed E-state index contributed by atoms with van der Waals surface area (Å²) < 4.78 is 5.12. The topological polar surface area (TPSA) is 99.8 Å². The van der Waals surface area contributed by atoms with Crippen LogP contribution in [0.25, 0.3) is 11.0 Å². The van der Waals surface area contributed by atoms with Crippen molar-refractivity contribution in [2.45, 2.75) is 0 Å². The molecule has 0 saturated carbocycles. The third-order valence-corrected chi connectivity index (χ3v) is 3.33. The molecule has 6 nitrogen and oxygen atoms in total. The molecular weight excluding hydrogens is 297 g/mol. The highest BCUT2D eigenvalue weighted by molar-refractivity contribution is 6.58. The van der Waals surface area contributed by atoms with E-state index in [4.69, 9.17) is 14.5 Å². The highest BCUT2D eigenvalue weighted by Gasteiger charge is 2.15. The standard InChI is InChI=1S/C16H12BNO5/c19-15(18-12-6-3-5-11(9-12)17(21)22)13-8-10-4-1-2-7-14(10)23-16(13)20/h1-9,21-22H,(H,18,19). The summed E-state index contributed by atoms with van der Waals surface area (Å²) in [5.41, 5.74) is 0.110. The normalized spacial score (nSPS) is 10.5. The maximum Gasteiger partial charge on any atom is 0.488 e. The first-order chi connectivity index (χ1) is 11.0. The van der Waals surface area contributed by atoms with Gasteiger partial charge in [0.05, 0.1) is 0 Å². The number of carbonyl (C=O) groups excluding carboxylic acids is 1. The van der Waals surface area contributed by atoms with E-state index in [-0.39, 0.29) is 11.0 Å². The monoisotopic (exact) mass is 309 g/mol. The van der Waals surface area contributed by atoms with E-state index < -0.39 is 18.7 Å². The molecule has 2 aromatic carbocycles. The fraction of sp³-hybridized carbons (Fsp3) is 0. The molecule has 1 heterocycles. The van der Waals surface area contributed by atoms with Crippen LogP contribution in [-0.2, 0) is 0 Å². The molecule has 3 rings (SSSR count). The molecule has 0 unspecified atom stereocenters. The van der Waals surface area contributed by atoms with E-state index in [1.54, 1.807) is 36.4 Å². The lowest BCUT2D eigenvalue weighted by molar-refractivity contribution is 0.102. The molecule has 3 aromatic rings. The Morgan fingerprint density at radius 2 is 1.83 bits per heavy atom. The van der Waals surface area contributed by atoms with Gasteiger partial charge in [-0.2, -0.15) is 0 Å². The van der Waals surface area contributed by atoms with Gasteiger partial charge in [-0.25, -0.2) is 4.79 Å². The van der Waals surface area contributed by atoms with Crippen molar-refractivity contribution < 1.29 is 19.3 Å². The lowest BCUT2D eigenvalue weighted by Gasteiger charge is -2.07. The van der Waals surface area contributed by atoms with Gasteiger partial charge in [-0.1, -0.05) is 30.3 Å². The number of para-hydroxylation sites is 1. The van der Waals surface area contributed by atoms with Crippen LogP contribution < -0.4 is 16.4 Å². The Morgan fingerprint density at radius 3 is 2.61 bits per heavy atom. The molecule has 0 aliphatic carbocycles. The number of benzene rings is 2. The van der Waals surface area contributed by atoms with Crippen LogP contribution in [0.2, 0.25) is 0 Å². The van der Waals surface area contributed by atoms with Crippen LogP contribution in [0.15, 0.2) is 63.8 Å². The van der Waals surface area contributed by atoms with Gasteiger partial charge < -0.3 is 19.8 Å². The van der Waals surface area contributed by atoms with Crippen molar-refractivity contribution in [1.82, 2.24) is 0 Å². The zero-order valence-electron chi connectivity index (χ0n) is 11.9. The lowest BCUT2D eigenvalue weighted by Crippen LogP contribution is -2.30. The molecule has 7 heteroatoms. The molecule has 0 spiro atoms. The number of carbonyl (C=O) groups is 1. The Bertz CT molecular complexity index is 935. The minimum absolute atomic E-state index is 0.126. The van der Waals surface area contributed by atoms with Crippen LogP contribution in [0.1, 0.15) is 10.4 Å². The van der Waals surface area contributed by atoms with E-state index in [2.05, 4.69) is 5.32 Å². The first kappa shape index (κ1) is 15.0. The molecule has 0 aliphatic heterocycles. The van der Waals surface area contributed by atoms with E-state index in [1.807, 2.05) is 0 Å². The van der Waals surface area contributed by atoms with E-state index >= 15 is 0 Å². The summed E-state index contributed by atoms with van der Waals surface area (Å²) in [6, 6.07) is 14.4. The molecule has 1 aromatic heterocycles. The van der Waals surface area contributed by atoms with Gasteiger partial charge in [0, 0.05) is 11.1 Å². The van der Waals surface area contributed by atoms with Gasteiger partial charge in [-0.3, -0.25) is 4.79 Å². The molecule has 1 amide bonds. The smallest absolute Gasteiger partial charge is 0.423 e. The molecule has 0 saturated heterocycles. The fourth-order valence-electron chi connectivity index (χ4n) is 2.20. The maximum atomic E-state index is 12.3. The Morgan fingerprint density at radius 1 is 1.04 bits per heavy atom. The summed E-state index contributed by atoms with van der Waals surface area (Å²) in [6.45, 7) is 0. The molecular formula is C16H12BNO5. The van der Waals surface area contributed by atoms with Crippen LogP contribution in [0.4, 0.5) is 5.69 Å². The van der Waals surface area contributed by atoms with Crippen LogP contribution in [0, 0.1) is 0 Å². The predicted octanol–water partition coefficient (Wildman–Crippen LogP) is 0.725. The summed E-state index contributed by atoms with van der Waals surface area (Å²) in [6.07, 6.45) is 0. The molecule has 23 heavy (non-hydrogen) atoms. The van der Waals surface area contributed by atoms with Crippen molar-refractivity contribution in [1.29, 1.82) is 0 Å². The predicted molar refractivity (Wildman–Crippen MR) is 86.7 cm³/mol. The number of fused-ring (bicyclic) bond motifs is 1. The minimum atomic E-state index is -1.64. The first-order valence-electron chi connectivity index (χ1n) is 6.85. The summed E-state index contributed by atoms with van der Waals surface area (Å²) in [5, 5.41) is 21.5. The molecule has 0 bridgehead atoms. The van der Waals surface area contributed by atoms with E-state index in [1.165, 1.54) is 18.2 Å². The largest absolute Gasteiger partial charge is 0.488 e. The van der Waals surface area contributed by atoms with Gasteiger partial charge in [0.15, 0.2) is 0 Å². The second kappa shape index (κ2) is 6.08. The summed E-state index contributed by atoms with van der Waals surface area (Å²) in [5.74, 6) is -0.630. The van der Waals surface area contributed by atoms with Gasteiger partial charge >= 0.3 is 12.7 Å². The van der Waals surface area contributed by atoms with Crippen molar-refractivity contribution in [3.63, 3.8) is 0 Å². The van der Waals surface area contributed by atoms with Crippen molar-refractivity contribution in [2.24, 2.45) is 0 Å². The molecule has 0 fully saturated rings. The van der Waals surface area contributed by atoms with E-state index in [0.717, 1.165) is 0 Å². The number of nitrogens with one attached hydrogen (secondary N) is 1. The van der Waals surface area contributed by atoms with Crippen molar-refractivity contribution in [3.8, 4) is 0 Å². The Balaban J connectivity index is 1.93. The van der Waals surface area contributed by atoms with Crippen LogP contribution in [0.3, 0.4) is 0 Å². The molecule has 0 radical (unpaired) electrons. The second-order valence-electron chi connectivity index (χ2n) is 4.94. The second-order valence-corrected chi connectivity index (χ2v) is 4.94. The number of hydrogen-bond donors (Lipinski definition) is 3. The number of hydrogen-bond acceptors (Lipinski definition) is 5. The van der Waals surface area contributed by atoms with Crippen molar-refractivity contribution in [2.75, 3.05) is 5.32 Å². The summed E-state index contributed by atoms with van der Waals surface area (Å²) in [7, 11) is -1.64. The quantitative estimate of drug-likeness (QED) is 0.489. The van der Waals surface area contributed by atoms with Gasteiger partial charge in [0.1, 0.15) is 11.1 Å². The number of anilines is 1. The third-order valence-electron chi connectivity index (χ3n) is 3.33. The molecule has 0 aliphatic rings. The number of amides is 1.